The van der Waals surface area contributed by atoms with Gasteiger partial charge in [-0.1, -0.05) is 12.1 Å². The third kappa shape index (κ3) is 5.68. The van der Waals surface area contributed by atoms with Crippen LogP contribution in [0.15, 0.2) is 48.8 Å². The highest BCUT2D eigenvalue weighted by atomic mass is 32.2. The van der Waals surface area contributed by atoms with Gasteiger partial charge in [-0.05, 0) is 37.6 Å². The Morgan fingerprint density at radius 3 is 2.13 bits per heavy atom. The Hall–Kier alpha value is -4.10. The number of rotatable bonds is 11. The van der Waals surface area contributed by atoms with Crippen LogP contribution in [0.2, 0.25) is 0 Å². The van der Waals surface area contributed by atoms with Gasteiger partial charge in [0.25, 0.3) is 0 Å². The van der Waals surface area contributed by atoms with Crippen LogP contribution in [0, 0.1) is 6.92 Å². The fraction of sp³-hybridized carbons (Fsp3) is 0.346. The number of para-hydroxylation sites is 1. The lowest BCUT2D eigenvalue weighted by molar-refractivity contribution is 0.0947. The molecule has 4 rings (SSSR count). The molecule has 0 spiro atoms. The van der Waals surface area contributed by atoms with E-state index in [2.05, 4.69) is 25.1 Å². The monoisotopic (exact) mass is 554 g/mol. The van der Waals surface area contributed by atoms with Crippen molar-refractivity contribution in [2.45, 2.75) is 31.0 Å². The fourth-order valence-electron chi connectivity index (χ4n) is 4.07. The summed E-state index contributed by atoms with van der Waals surface area (Å²) in [5, 5.41) is 7.60. The molecular weight excluding hydrogens is 524 g/mol. The Bertz CT molecular complexity index is 1520. The lowest BCUT2D eigenvalue weighted by Crippen LogP contribution is -2.30. The largest absolute Gasteiger partial charge is 0.494 e. The zero-order valence-electron chi connectivity index (χ0n) is 22.5. The van der Waals surface area contributed by atoms with Crippen LogP contribution in [0.4, 0.5) is 0 Å². The van der Waals surface area contributed by atoms with E-state index in [1.165, 1.54) is 28.4 Å². The topological polar surface area (TPSA) is 140 Å². The van der Waals surface area contributed by atoms with Gasteiger partial charge in [0, 0.05) is 25.6 Å². The van der Waals surface area contributed by atoms with Crippen molar-refractivity contribution in [3.05, 3.63) is 66.0 Å². The van der Waals surface area contributed by atoms with E-state index >= 15 is 0 Å². The minimum atomic E-state index is -3.89. The molecule has 0 N–H and O–H groups in total. The SMILES string of the molecule is COc1cccc(-c2nnc(CS(=O)(=O)[C@@H](C)[C@H](OC)c3ncc(C)cn3)n2-c2c(OC)cccc2OC)n1. The van der Waals surface area contributed by atoms with E-state index in [1.54, 1.807) is 60.3 Å². The standard InChI is InChI=1S/C26H30N6O6S/c1-16-13-27-25(28-14-16)24(38-6)17(2)39(33,34)15-21-30-31-26(18-9-7-12-22(29-18)37-5)32(21)23-19(35-3)10-8-11-20(23)36-4/h7-14,17,24H,15H2,1-6H3/t17-,24-/m0/s1. The number of aromatic nitrogens is 6. The molecule has 0 bridgehead atoms. The van der Waals surface area contributed by atoms with Gasteiger partial charge in [-0.2, -0.15) is 0 Å². The van der Waals surface area contributed by atoms with Crippen LogP contribution < -0.4 is 14.2 Å². The maximum Gasteiger partial charge on any atom is 0.213 e. The summed E-state index contributed by atoms with van der Waals surface area (Å²) in [6, 6.07) is 10.4. The lowest BCUT2D eigenvalue weighted by Gasteiger charge is -2.22. The quantitative estimate of drug-likeness (QED) is 0.270. The molecule has 0 fully saturated rings. The molecule has 0 saturated heterocycles. The van der Waals surface area contributed by atoms with Crippen molar-refractivity contribution < 1.29 is 27.4 Å². The first kappa shape index (κ1) is 27.9. The Kier molecular flexibility index (Phi) is 8.41. The molecule has 0 saturated carbocycles. The zero-order chi connectivity index (χ0) is 28.2. The molecule has 0 unspecified atom stereocenters. The van der Waals surface area contributed by atoms with E-state index in [-0.39, 0.29) is 17.5 Å². The molecule has 3 heterocycles. The zero-order valence-corrected chi connectivity index (χ0v) is 23.3. The number of benzene rings is 1. The molecule has 0 aliphatic rings. The van der Waals surface area contributed by atoms with Crippen molar-refractivity contribution in [2.75, 3.05) is 28.4 Å². The minimum absolute atomic E-state index is 0.129. The third-order valence-corrected chi connectivity index (χ3v) is 8.19. The lowest BCUT2D eigenvalue weighted by atomic mass is 10.2. The summed E-state index contributed by atoms with van der Waals surface area (Å²) in [4.78, 5) is 13.0. The predicted octanol–water partition coefficient (Wildman–Crippen LogP) is 3.14. The van der Waals surface area contributed by atoms with E-state index < -0.39 is 26.9 Å². The number of ether oxygens (including phenoxy) is 4. The molecule has 13 heteroatoms. The molecule has 206 valence electrons. The summed E-state index contributed by atoms with van der Waals surface area (Å²) in [7, 11) is 2.06. The van der Waals surface area contributed by atoms with Gasteiger partial charge in [-0.25, -0.2) is 23.4 Å². The number of hydrogen-bond donors (Lipinski definition) is 0. The molecule has 0 aliphatic heterocycles. The Balaban J connectivity index is 1.85. The van der Waals surface area contributed by atoms with Crippen LogP contribution >= 0.6 is 0 Å². The van der Waals surface area contributed by atoms with E-state index in [9.17, 15) is 8.42 Å². The number of hydrogen-bond acceptors (Lipinski definition) is 11. The van der Waals surface area contributed by atoms with Crippen molar-refractivity contribution >= 4 is 9.84 Å². The maximum atomic E-state index is 13.8. The summed E-state index contributed by atoms with van der Waals surface area (Å²) >= 11 is 0. The second kappa shape index (κ2) is 11.7. The van der Waals surface area contributed by atoms with Crippen molar-refractivity contribution in [1.29, 1.82) is 0 Å². The Morgan fingerprint density at radius 2 is 1.54 bits per heavy atom. The van der Waals surface area contributed by atoms with Gasteiger partial charge in [-0.15, -0.1) is 10.2 Å². The first-order chi connectivity index (χ1) is 18.7. The van der Waals surface area contributed by atoms with Crippen LogP contribution in [0.1, 0.15) is 30.2 Å². The van der Waals surface area contributed by atoms with Crippen LogP contribution in [-0.4, -0.2) is 71.8 Å². The average Bonchev–Trinajstić information content (AvgIpc) is 3.35. The first-order valence-corrected chi connectivity index (χ1v) is 13.7. The fourth-order valence-corrected chi connectivity index (χ4v) is 5.49. The van der Waals surface area contributed by atoms with Crippen LogP contribution in [0.3, 0.4) is 0 Å². The Morgan fingerprint density at radius 1 is 0.897 bits per heavy atom. The molecular formula is C26H30N6O6S. The van der Waals surface area contributed by atoms with Crippen LogP contribution in [0.5, 0.6) is 17.4 Å². The van der Waals surface area contributed by atoms with Gasteiger partial charge in [-0.3, -0.25) is 4.57 Å². The van der Waals surface area contributed by atoms with Crippen LogP contribution in [0.25, 0.3) is 17.2 Å². The number of sulfone groups is 1. The predicted molar refractivity (Wildman–Crippen MR) is 143 cm³/mol. The minimum Gasteiger partial charge on any atom is -0.494 e. The highest BCUT2D eigenvalue weighted by Crippen LogP contribution is 2.37. The molecule has 1 aromatic carbocycles. The van der Waals surface area contributed by atoms with E-state index in [1.807, 2.05) is 6.92 Å². The molecule has 4 aromatic rings. The normalized spacial score (nSPS) is 13.1. The van der Waals surface area contributed by atoms with Crippen molar-refractivity contribution in [3.63, 3.8) is 0 Å². The smallest absolute Gasteiger partial charge is 0.213 e. The molecule has 0 radical (unpaired) electrons. The number of aryl methyl sites for hydroxylation is 1. The van der Waals surface area contributed by atoms with E-state index in [4.69, 9.17) is 18.9 Å². The molecule has 39 heavy (non-hydrogen) atoms. The van der Waals surface area contributed by atoms with Crippen molar-refractivity contribution in [1.82, 2.24) is 29.7 Å². The highest BCUT2D eigenvalue weighted by Gasteiger charge is 2.35. The molecule has 12 nitrogen and oxygen atoms in total. The van der Waals surface area contributed by atoms with Gasteiger partial charge in [0.05, 0.1) is 26.6 Å². The molecule has 2 atom stereocenters. The number of pyridine rings is 1. The molecule has 3 aromatic heterocycles. The maximum absolute atomic E-state index is 13.8. The van der Waals surface area contributed by atoms with Gasteiger partial charge >= 0.3 is 0 Å². The van der Waals surface area contributed by atoms with Crippen molar-refractivity contribution in [2.24, 2.45) is 0 Å². The average molecular weight is 555 g/mol. The summed E-state index contributed by atoms with van der Waals surface area (Å²) in [5.74, 6) is 1.41. The van der Waals surface area contributed by atoms with Gasteiger partial charge in [0.2, 0.25) is 5.88 Å². The van der Waals surface area contributed by atoms with Crippen molar-refractivity contribution in [3.8, 4) is 34.6 Å². The molecule has 0 amide bonds. The summed E-state index contributed by atoms with van der Waals surface area (Å²) in [6.45, 7) is 3.40. The van der Waals surface area contributed by atoms with Gasteiger partial charge in [0.1, 0.15) is 34.7 Å². The third-order valence-electron chi connectivity index (χ3n) is 6.15. The summed E-state index contributed by atoms with van der Waals surface area (Å²) < 4.78 is 51.2. The van der Waals surface area contributed by atoms with Gasteiger partial charge in [0.15, 0.2) is 27.3 Å². The highest BCUT2D eigenvalue weighted by molar-refractivity contribution is 7.91. The molecule has 0 aliphatic carbocycles. The first-order valence-electron chi connectivity index (χ1n) is 11.9. The second-order valence-corrected chi connectivity index (χ2v) is 11.0. The number of nitrogens with zero attached hydrogens (tertiary/aromatic N) is 6. The number of methoxy groups -OCH3 is 4. The van der Waals surface area contributed by atoms with Crippen LogP contribution in [-0.2, 0) is 20.3 Å². The van der Waals surface area contributed by atoms with Gasteiger partial charge < -0.3 is 18.9 Å². The summed E-state index contributed by atoms with van der Waals surface area (Å²) in [5.41, 5.74) is 1.69. The summed E-state index contributed by atoms with van der Waals surface area (Å²) in [6.07, 6.45) is 2.34. The van der Waals surface area contributed by atoms with E-state index in [0.717, 1.165) is 5.56 Å². The second-order valence-electron chi connectivity index (χ2n) is 8.64. The Labute approximate surface area is 226 Å². The van der Waals surface area contributed by atoms with E-state index in [0.29, 0.717) is 28.8 Å².